The van der Waals surface area contributed by atoms with Gasteiger partial charge < -0.3 is 9.64 Å². The number of carbonyl (C=O) groups is 1. The van der Waals surface area contributed by atoms with E-state index in [0.717, 1.165) is 50.5 Å². The zero-order valence-electron chi connectivity index (χ0n) is 15.8. The van der Waals surface area contributed by atoms with Gasteiger partial charge in [-0.3, -0.25) is 9.69 Å². The van der Waals surface area contributed by atoms with E-state index in [1.165, 1.54) is 0 Å². The highest BCUT2D eigenvalue weighted by atomic mass is 35.5. The standard InChI is InChI=1S/C22H27ClN2O2/c1-24(10-11-25-12-14-27-15-13-25)22(26)17-21(18-6-3-2-4-7-18)19-8-5-9-20(23)16-19/h2-9,16,21H,10-15,17H2,1H3/t21-/m1/s1. The van der Waals surface area contributed by atoms with Crippen LogP contribution in [0, 0.1) is 0 Å². The zero-order valence-corrected chi connectivity index (χ0v) is 16.6. The van der Waals surface area contributed by atoms with Crippen molar-refractivity contribution in [3.8, 4) is 0 Å². The first-order valence-corrected chi connectivity index (χ1v) is 9.86. The molecule has 2 aromatic carbocycles. The lowest BCUT2D eigenvalue weighted by Gasteiger charge is -2.29. The summed E-state index contributed by atoms with van der Waals surface area (Å²) in [6.45, 7) is 5.06. The van der Waals surface area contributed by atoms with Crippen LogP contribution in [0.4, 0.5) is 0 Å². The first-order chi connectivity index (χ1) is 13.1. The van der Waals surface area contributed by atoms with Gasteiger partial charge in [0.2, 0.25) is 5.91 Å². The molecular formula is C22H27ClN2O2. The summed E-state index contributed by atoms with van der Waals surface area (Å²) in [5.74, 6) is 0.153. The van der Waals surface area contributed by atoms with Crippen molar-refractivity contribution < 1.29 is 9.53 Å². The Hall–Kier alpha value is -1.88. The van der Waals surface area contributed by atoms with Gasteiger partial charge in [0.25, 0.3) is 0 Å². The van der Waals surface area contributed by atoms with Gasteiger partial charge in [-0.05, 0) is 23.3 Å². The predicted octanol–water partition coefficient (Wildman–Crippen LogP) is 3.65. The summed E-state index contributed by atoms with van der Waals surface area (Å²) in [6.07, 6.45) is 0.434. The van der Waals surface area contributed by atoms with Crippen LogP contribution in [0.1, 0.15) is 23.5 Å². The molecule has 0 aromatic heterocycles. The number of likely N-dealkylation sites (N-methyl/N-ethyl adjacent to an activating group) is 1. The maximum atomic E-state index is 12.9. The summed E-state index contributed by atoms with van der Waals surface area (Å²) in [6, 6.07) is 18.0. The fourth-order valence-corrected chi connectivity index (χ4v) is 3.61. The third-order valence-electron chi connectivity index (χ3n) is 5.11. The molecule has 1 amide bonds. The molecule has 1 aliphatic rings. The number of halogens is 1. The van der Waals surface area contributed by atoms with Crippen molar-refractivity contribution in [1.82, 2.24) is 9.80 Å². The van der Waals surface area contributed by atoms with Gasteiger partial charge in [0.15, 0.2) is 0 Å². The number of benzene rings is 2. The number of hydrogen-bond acceptors (Lipinski definition) is 3. The zero-order chi connectivity index (χ0) is 19.1. The summed E-state index contributed by atoms with van der Waals surface area (Å²) in [7, 11) is 1.89. The normalized spacial score (nSPS) is 16.1. The lowest BCUT2D eigenvalue weighted by molar-refractivity contribution is -0.130. The van der Waals surface area contributed by atoms with Crippen LogP contribution in [-0.2, 0) is 9.53 Å². The highest BCUT2D eigenvalue weighted by Crippen LogP contribution is 2.30. The molecule has 0 aliphatic carbocycles. The Kier molecular flexibility index (Phi) is 7.27. The number of hydrogen-bond donors (Lipinski definition) is 0. The maximum Gasteiger partial charge on any atom is 0.223 e. The molecule has 1 atom stereocenters. The second-order valence-electron chi connectivity index (χ2n) is 6.99. The van der Waals surface area contributed by atoms with Gasteiger partial charge in [-0.15, -0.1) is 0 Å². The lowest BCUT2D eigenvalue weighted by atomic mass is 9.88. The molecule has 1 aliphatic heterocycles. The molecule has 5 heteroatoms. The number of ether oxygens (including phenoxy) is 1. The van der Waals surface area contributed by atoms with Crippen molar-refractivity contribution >= 4 is 17.5 Å². The van der Waals surface area contributed by atoms with Crippen molar-refractivity contribution in [2.24, 2.45) is 0 Å². The van der Waals surface area contributed by atoms with Crippen molar-refractivity contribution in [3.05, 3.63) is 70.7 Å². The molecule has 0 unspecified atom stereocenters. The molecular weight excluding hydrogens is 360 g/mol. The van der Waals surface area contributed by atoms with E-state index in [9.17, 15) is 4.79 Å². The topological polar surface area (TPSA) is 32.8 Å². The van der Waals surface area contributed by atoms with Crippen LogP contribution in [-0.4, -0.2) is 62.1 Å². The van der Waals surface area contributed by atoms with Crippen LogP contribution < -0.4 is 0 Å². The van der Waals surface area contributed by atoms with Crippen LogP contribution in [0.15, 0.2) is 54.6 Å². The van der Waals surface area contributed by atoms with Crippen molar-refractivity contribution in [2.45, 2.75) is 12.3 Å². The van der Waals surface area contributed by atoms with Gasteiger partial charge in [-0.2, -0.15) is 0 Å². The maximum absolute atomic E-state index is 12.9. The van der Waals surface area contributed by atoms with E-state index in [1.807, 2.05) is 54.4 Å². The van der Waals surface area contributed by atoms with Gasteiger partial charge in [0, 0.05) is 50.6 Å². The van der Waals surface area contributed by atoms with E-state index in [1.54, 1.807) is 0 Å². The Morgan fingerprint density at radius 2 is 1.81 bits per heavy atom. The molecule has 0 bridgehead atoms. The Balaban J connectivity index is 1.66. The summed E-state index contributed by atoms with van der Waals surface area (Å²) >= 11 is 6.20. The highest BCUT2D eigenvalue weighted by Gasteiger charge is 2.21. The highest BCUT2D eigenvalue weighted by molar-refractivity contribution is 6.30. The van der Waals surface area contributed by atoms with Crippen molar-refractivity contribution in [1.29, 1.82) is 0 Å². The monoisotopic (exact) mass is 386 g/mol. The molecule has 0 spiro atoms. The molecule has 144 valence electrons. The van der Waals surface area contributed by atoms with E-state index < -0.39 is 0 Å². The Labute approximate surface area is 166 Å². The quantitative estimate of drug-likeness (QED) is 0.728. The second-order valence-corrected chi connectivity index (χ2v) is 7.43. The molecule has 2 aromatic rings. The van der Waals surface area contributed by atoms with Crippen molar-refractivity contribution in [3.63, 3.8) is 0 Å². The molecule has 4 nitrogen and oxygen atoms in total. The first-order valence-electron chi connectivity index (χ1n) is 9.48. The summed E-state index contributed by atoms with van der Waals surface area (Å²) in [5, 5.41) is 0.696. The van der Waals surface area contributed by atoms with Crippen LogP contribution in [0.3, 0.4) is 0 Å². The Morgan fingerprint density at radius 3 is 2.52 bits per heavy atom. The minimum absolute atomic E-state index is 0.00300. The number of amides is 1. The van der Waals surface area contributed by atoms with Gasteiger partial charge in [0.05, 0.1) is 13.2 Å². The van der Waals surface area contributed by atoms with E-state index in [4.69, 9.17) is 16.3 Å². The largest absolute Gasteiger partial charge is 0.379 e. The van der Waals surface area contributed by atoms with Gasteiger partial charge in [0.1, 0.15) is 0 Å². The van der Waals surface area contributed by atoms with Crippen LogP contribution in [0.5, 0.6) is 0 Å². The summed E-state index contributed by atoms with van der Waals surface area (Å²) in [5.41, 5.74) is 2.21. The fourth-order valence-electron chi connectivity index (χ4n) is 3.41. The molecule has 0 radical (unpaired) electrons. The molecule has 1 heterocycles. The molecule has 1 saturated heterocycles. The van der Waals surface area contributed by atoms with E-state index in [2.05, 4.69) is 17.0 Å². The van der Waals surface area contributed by atoms with Gasteiger partial charge in [-0.25, -0.2) is 0 Å². The Morgan fingerprint density at radius 1 is 1.11 bits per heavy atom. The van der Waals surface area contributed by atoms with E-state index in [0.29, 0.717) is 11.4 Å². The summed E-state index contributed by atoms with van der Waals surface area (Å²) in [4.78, 5) is 17.1. The fraction of sp³-hybridized carbons (Fsp3) is 0.409. The second kappa shape index (κ2) is 9.88. The smallest absolute Gasteiger partial charge is 0.223 e. The van der Waals surface area contributed by atoms with Gasteiger partial charge in [-0.1, -0.05) is 54.1 Å². The predicted molar refractivity (Wildman–Crippen MR) is 109 cm³/mol. The first kappa shape index (κ1) is 19.9. The third kappa shape index (κ3) is 5.80. The minimum Gasteiger partial charge on any atom is -0.379 e. The van der Waals surface area contributed by atoms with Crippen LogP contribution in [0.25, 0.3) is 0 Å². The van der Waals surface area contributed by atoms with E-state index >= 15 is 0 Å². The van der Waals surface area contributed by atoms with Crippen LogP contribution in [0.2, 0.25) is 5.02 Å². The lowest BCUT2D eigenvalue weighted by Crippen LogP contribution is -2.42. The molecule has 0 N–H and O–H groups in total. The summed E-state index contributed by atoms with van der Waals surface area (Å²) < 4.78 is 5.38. The Bertz CT molecular complexity index is 732. The van der Waals surface area contributed by atoms with Crippen LogP contribution >= 0.6 is 11.6 Å². The molecule has 0 saturated carbocycles. The van der Waals surface area contributed by atoms with E-state index in [-0.39, 0.29) is 11.8 Å². The molecule has 27 heavy (non-hydrogen) atoms. The third-order valence-corrected chi connectivity index (χ3v) is 5.35. The number of morpholine rings is 1. The average Bonchev–Trinajstić information content (AvgIpc) is 2.71. The number of nitrogens with zero attached hydrogens (tertiary/aromatic N) is 2. The molecule has 1 fully saturated rings. The number of carbonyl (C=O) groups excluding carboxylic acids is 1. The average molecular weight is 387 g/mol. The molecule has 3 rings (SSSR count). The number of rotatable bonds is 7. The SMILES string of the molecule is CN(CCN1CCOCC1)C(=O)C[C@H](c1ccccc1)c1cccc(Cl)c1. The van der Waals surface area contributed by atoms with Crippen molar-refractivity contribution in [2.75, 3.05) is 46.4 Å². The van der Waals surface area contributed by atoms with Gasteiger partial charge >= 0.3 is 0 Å². The minimum atomic E-state index is 0.00300.